The molecular weight excluding hydrogens is 168 g/mol. The Balaban J connectivity index is 2.99. The van der Waals surface area contributed by atoms with E-state index in [1.807, 2.05) is 0 Å². The lowest BCUT2D eigenvalue weighted by atomic mass is 10.1. The highest BCUT2D eigenvalue weighted by atomic mass is 16.3. The van der Waals surface area contributed by atoms with Gasteiger partial charge in [-0.1, -0.05) is 6.07 Å². The summed E-state index contributed by atoms with van der Waals surface area (Å²) < 4.78 is 0. The Morgan fingerprint density at radius 1 is 1.54 bits per heavy atom. The summed E-state index contributed by atoms with van der Waals surface area (Å²) in [6.07, 6.45) is 0. The van der Waals surface area contributed by atoms with Gasteiger partial charge in [-0.05, 0) is 13.1 Å². The van der Waals surface area contributed by atoms with Crippen LogP contribution in [0.5, 0.6) is 5.75 Å². The third-order valence-corrected chi connectivity index (χ3v) is 1.96. The molecular formula is C9H14N2O2. The molecule has 1 rings (SSSR count). The van der Waals surface area contributed by atoms with Gasteiger partial charge >= 0.3 is 0 Å². The maximum atomic E-state index is 9.49. The van der Waals surface area contributed by atoms with Crippen LogP contribution in [0, 0.1) is 0 Å². The molecule has 0 saturated heterocycles. The summed E-state index contributed by atoms with van der Waals surface area (Å²) in [6, 6.07) is 4.60. The molecule has 0 spiro atoms. The average molecular weight is 182 g/mol. The second-order valence-corrected chi connectivity index (χ2v) is 2.84. The van der Waals surface area contributed by atoms with Crippen molar-refractivity contribution in [3.05, 3.63) is 23.8 Å². The Bertz CT molecular complexity index is 285. The number of phenols is 1. The number of aliphatic hydroxyl groups excluding tert-OH is 1. The van der Waals surface area contributed by atoms with Gasteiger partial charge in [0.15, 0.2) is 0 Å². The van der Waals surface area contributed by atoms with E-state index in [4.69, 9.17) is 10.8 Å². The van der Waals surface area contributed by atoms with Crippen LogP contribution in [0.1, 0.15) is 11.6 Å². The molecule has 0 heterocycles. The number of nitrogens with one attached hydrogen (secondary N) is 1. The second kappa shape index (κ2) is 4.11. The number of aliphatic hydroxyl groups is 1. The Hall–Kier alpha value is -1.26. The SMILES string of the molecule is CNC(CO)c1ccc(N)cc1O. The number of hydrogen-bond acceptors (Lipinski definition) is 4. The maximum absolute atomic E-state index is 9.49. The molecule has 4 nitrogen and oxygen atoms in total. The minimum absolute atomic E-state index is 0.0615. The normalized spacial score (nSPS) is 12.8. The number of benzene rings is 1. The van der Waals surface area contributed by atoms with Crippen molar-refractivity contribution in [3.63, 3.8) is 0 Å². The molecule has 0 saturated carbocycles. The van der Waals surface area contributed by atoms with Crippen molar-refractivity contribution < 1.29 is 10.2 Å². The van der Waals surface area contributed by atoms with Gasteiger partial charge in [-0.15, -0.1) is 0 Å². The fourth-order valence-corrected chi connectivity index (χ4v) is 1.20. The predicted octanol–water partition coefficient (Wildman–Crippen LogP) is 0.227. The smallest absolute Gasteiger partial charge is 0.122 e. The van der Waals surface area contributed by atoms with E-state index in [0.717, 1.165) is 0 Å². The molecule has 0 fully saturated rings. The first-order valence-corrected chi connectivity index (χ1v) is 4.05. The Labute approximate surface area is 77.0 Å². The molecule has 1 unspecified atom stereocenters. The number of phenolic OH excluding ortho intramolecular Hbond substituents is 1. The zero-order valence-corrected chi connectivity index (χ0v) is 7.49. The van der Waals surface area contributed by atoms with Crippen LogP contribution in [0.15, 0.2) is 18.2 Å². The molecule has 1 atom stereocenters. The Morgan fingerprint density at radius 3 is 2.69 bits per heavy atom. The lowest BCUT2D eigenvalue weighted by molar-refractivity contribution is 0.248. The number of aromatic hydroxyl groups is 1. The fourth-order valence-electron chi connectivity index (χ4n) is 1.20. The summed E-state index contributed by atoms with van der Waals surface area (Å²) in [6.45, 7) is -0.0615. The summed E-state index contributed by atoms with van der Waals surface area (Å²) >= 11 is 0. The molecule has 0 radical (unpaired) electrons. The van der Waals surface area contributed by atoms with E-state index in [2.05, 4.69) is 5.32 Å². The third kappa shape index (κ3) is 2.11. The zero-order chi connectivity index (χ0) is 9.84. The van der Waals surface area contributed by atoms with Crippen molar-refractivity contribution >= 4 is 5.69 Å². The minimum Gasteiger partial charge on any atom is -0.508 e. The monoisotopic (exact) mass is 182 g/mol. The van der Waals surface area contributed by atoms with Crippen LogP contribution in [0.4, 0.5) is 5.69 Å². The molecule has 1 aromatic rings. The van der Waals surface area contributed by atoms with Crippen molar-refractivity contribution in [3.8, 4) is 5.75 Å². The van der Waals surface area contributed by atoms with Gasteiger partial charge in [0.25, 0.3) is 0 Å². The summed E-state index contributed by atoms with van der Waals surface area (Å²) in [7, 11) is 1.72. The van der Waals surface area contributed by atoms with Crippen LogP contribution in [0.3, 0.4) is 0 Å². The lowest BCUT2D eigenvalue weighted by Crippen LogP contribution is -2.19. The van der Waals surface area contributed by atoms with Gasteiger partial charge in [-0.2, -0.15) is 0 Å². The summed E-state index contributed by atoms with van der Waals surface area (Å²) in [5, 5.41) is 21.3. The molecule has 0 aliphatic heterocycles. The fraction of sp³-hybridized carbons (Fsp3) is 0.333. The van der Waals surface area contributed by atoms with Gasteiger partial charge < -0.3 is 21.3 Å². The van der Waals surface area contributed by atoms with Gasteiger partial charge in [0.2, 0.25) is 0 Å². The largest absolute Gasteiger partial charge is 0.508 e. The predicted molar refractivity (Wildman–Crippen MR) is 51.4 cm³/mol. The highest BCUT2D eigenvalue weighted by molar-refractivity contribution is 5.48. The van der Waals surface area contributed by atoms with Crippen molar-refractivity contribution in [1.82, 2.24) is 5.32 Å². The van der Waals surface area contributed by atoms with Gasteiger partial charge in [0, 0.05) is 17.3 Å². The first-order chi connectivity index (χ1) is 6.19. The summed E-state index contributed by atoms with van der Waals surface area (Å²) in [5.74, 6) is 0.105. The van der Waals surface area contributed by atoms with E-state index in [1.54, 1.807) is 19.2 Å². The number of rotatable bonds is 3. The molecule has 13 heavy (non-hydrogen) atoms. The van der Waals surface area contributed by atoms with E-state index < -0.39 is 0 Å². The van der Waals surface area contributed by atoms with E-state index >= 15 is 0 Å². The van der Waals surface area contributed by atoms with Crippen LogP contribution < -0.4 is 11.1 Å². The van der Waals surface area contributed by atoms with Crippen LogP contribution >= 0.6 is 0 Å². The van der Waals surface area contributed by atoms with Crippen molar-refractivity contribution in [1.29, 1.82) is 0 Å². The standard InChI is InChI=1S/C9H14N2O2/c1-11-8(5-12)7-3-2-6(10)4-9(7)13/h2-4,8,11-13H,5,10H2,1H3. The molecule has 4 heteroatoms. The number of anilines is 1. The van der Waals surface area contributed by atoms with E-state index in [1.165, 1.54) is 6.07 Å². The minimum atomic E-state index is -0.249. The third-order valence-electron chi connectivity index (χ3n) is 1.96. The molecule has 72 valence electrons. The van der Waals surface area contributed by atoms with E-state index in [0.29, 0.717) is 11.3 Å². The van der Waals surface area contributed by atoms with E-state index in [9.17, 15) is 5.11 Å². The molecule has 0 amide bonds. The number of hydrogen-bond donors (Lipinski definition) is 4. The number of likely N-dealkylation sites (N-methyl/N-ethyl adjacent to an activating group) is 1. The van der Waals surface area contributed by atoms with Crippen LogP contribution in [0.25, 0.3) is 0 Å². The number of nitrogens with two attached hydrogens (primary N) is 1. The molecule has 0 aliphatic carbocycles. The van der Waals surface area contributed by atoms with Crippen LogP contribution in [0.2, 0.25) is 0 Å². The van der Waals surface area contributed by atoms with Crippen LogP contribution in [-0.4, -0.2) is 23.9 Å². The summed E-state index contributed by atoms with van der Waals surface area (Å²) in [5.41, 5.74) is 6.63. The number of nitrogen functional groups attached to an aromatic ring is 1. The molecule has 1 aromatic carbocycles. The van der Waals surface area contributed by atoms with Crippen molar-refractivity contribution in [2.45, 2.75) is 6.04 Å². The first kappa shape index (κ1) is 9.83. The van der Waals surface area contributed by atoms with Gasteiger partial charge in [0.05, 0.1) is 12.6 Å². The Kier molecular flexibility index (Phi) is 3.11. The quantitative estimate of drug-likeness (QED) is 0.504. The Morgan fingerprint density at radius 2 is 2.23 bits per heavy atom. The van der Waals surface area contributed by atoms with Crippen molar-refractivity contribution in [2.24, 2.45) is 0 Å². The molecule has 0 aliphatic rings. The highest BCUT2D eigenvalue weighted by Crippen LogP contribution is 2.25. The first-order valence-electron chi connectivity index (χ1n) is 4.05. The van der Waals surface area contributed by atoms with Gasteiger partial charge in [0.1, 0.15) is 5.75 Å². The molecule has 0 bridgehead atoms. The van der Waals surface area contributed by atoms with Gasteiger partial charge in [-0.25, -0.2) is 0 Å². The second-order valence-electron chi connectivity index (χ2n) is 2.84. The lowest BCUT2D eigenvalue weighted by Gasteiger charge is -2.14. The van der Waals surface area contributed by atoms with Crippen molar-refractivity contribution in [2.75, 3.05) is 19.4 Å². The van der Waals surface area contributed by atoms with Gasteiger partial charge in [-0.3, -0.25) is 0 Å². The average Bonchev–Trinajstić information content (AvgIpc) is 2.10. The zero-order valence-electron chi connectivity index (χ0n) is 7.49. The summed E-state index contributed by atoms with van der Waals surface area (Å²) in [4.78, 5) is 0. The van der Waals surface area contributed by atoms with E-state index in [-0.39, 0.29) is 18.4 Å². The van der Waals surface area contributed by atoms with Crippen LogP contribution in [-0.2, 0) is 0 Å². The maximum Gasteiger partial charge on any atom is 0.122 e. The molecule has 0 aromatic heterocycles. The topological polar surface area (TPSA) is 78.5 Å². The highest BCUT2D eigenvalue weighted by Gasteiger charge is 2.11. The molecule has 5 N–H and O–H groups in total.